The first-order chi connectivity index (χ1) is 10.6. The summed E-state index contributed by atoms with van der Waals surface area (Å²) in [5.74, 6) is 2.63. The largest absolute Gasteiger partial charge is 0.366 e. The van der Waals surface area contributed by atoms with Crippen LogP contribution in [0.3, 0.4) is 0 Å². The summed E-state index contributed by atoms with van der Waals surface area (Å²) in [6.45, 7) is 0.783. The monoisotopic (exact) mass is 295 g/mol. The lowest BCUT2D eigenvalue weighted by molar-refractivity contribution is -0.172. The van der Waals surface area contributed by atoms with E-state index in [1.165, 1.54) is 32.1 Å². The second-order valence-electron chi connectivity index (χ2n) is 8.61. The van der Waals surface area contributed by atoms with E-state index in [0.717, 1.165) is 29.5 Å². The fraction of sp³-hybridized carbons (Fsp3) is 0.632. The molecule has 1 aromatic rings. The number of aliphatic hydroxyl groups is 1. The van der Waals surface area contributed by atoms with Crippen molar-refractivity contribution < 1.29 is 9.90 Å². The summed E-state index contributed by atoms with van der Waals surface area (Å²) < 4.78 is 0. The maximum Gasteiger partial charge on any atom is 0.256 e. The SMILES string of the molecule is O=C1c2ccccc2[C@@]2(O)[C@H]3C4CC5CC(C4)CC3(C5)CN12. The summed E-state index contributed by atoms with van der Waals surface area (Å²) >= 11 is 0. The van der Waals surface area contributed by atoms with Gasteiger partial charge in [0, 0.05) is 23.6 Å². The Labute approximate surface area is 130 Å². The molecule has 2 unspecified atom stereocenters. The van der Waals surface area contributed by atoms with Gasteiger partial charge >= 0.3 is 0 Å². The number of fused-ring (bicyclic) bond motifs is 3. The molecule has 2 aliphatic heterocycles. The average molecular weight is 295 g/mol. The Balaban J connectivity index is 1.59. The number of benzene rings is 1. The van der Waals surface area contributed by atoms with Crippen molar-refractivity contribution in [2.75, 3.05) is 6.54 Å². The van der Waals surface area contributed by atoms with Crippen LogP contribution in [0.5, 0.6) is 0 Å². The minimum absolute atomic E-state index is 0.0567. The lowest BCUT2D eigenvalue weighted by atomic mass is 9.44. The third kappa shape index (κ3) is 1.10. The summed E-state index contributed by atoms with van der Waals surface area (Å²) in [5.41, 5.74) is 0.793. The van der Waals surface area contributed by atoms with E-state index in [4.69, 9.17) is 0 Å². The molecule has 1 N–H and O–H groups in total. The Morgan fingerprint density at radius 2 is 1.82 bits per heavy atom. The number of carbonyl (C=O) groups is 1. The van der Waals surface area contributed by atoms with Gasteiger partial charge in [-0.2, -0.15) is 0 Å². The lowest BCUT2D eigenvalue weighted by Gasteiger charge is -2.60. The van der Waals surface area contributed by atoms with Crippen LogP contribution in [0.15, 0.2) is 24.3 Å². The standard InChI is InChI=1S/C19H21NO2/c21-17-14-3-1-2-4-15(14)19(22)16-13-6-11-5-12(7-13)9-18(16,8-11)10-20(17)19/h1-4,11-13,16,22H,5-10H2/t11?,12?,13?,16-,18?,19+/m0/s1. The number of carbonyl (C=O) groups excluding carboxylic acids is 1. The van der Waals surface area contributed by atoms with E-state index in [0.29, 0.717) is 5.92 Å². The summed E-state index contributed by atoms with van der Waals surface area (Å²) in [7, 11) is 0. The average Bonchev–Trinajstić information content (AvgIpc) is 2.86. The molecular weight excluding hydrogens is 274 g/mol. The second-order valence-corrected chi connectivity index (χ2v) is 8.61. The first-order valence-electron chi connectivity index (χ1n) is 8.76. The van der Waals surface area contributed by atoms with Crippen molar-refractivity contribution in [2.24, 2.45) is 29.1 Å². The topological polar surface area (TPSA) is 40.5 Å². The highest BCUT2D eigenvalue weighted by molar-refractivity contribution is 6.00. The van der Waals surface area contributed by atoms with Crippen molar-refractivity contribution in [3.8, 4) is 0 Å². The third-order valence-corrected chi connectivity index (χ3v) is 7.58. The highest BCUT2D eigenvalue weighted by Crippen LogP contribution is 2.71. The molecule has 4 aliphatic carbocycles. The molecule has 1 aromatic carbocycles. The summed E-state index contributed by atoms with van der Waals surface area (Å²) in [4.78, 5) is 14.7. The molecule has 5 fully saturated rings. The van der Waals surface area contributed by atoms with Crippen LogP contribution in [0.25, 0.3) is 0 Å². The predicted octanol–water partition coefficient (Wildman–Crippen LogP) is 2.74. The van der Waals surface area contributed by atoms with Gasteiger partial charge in [0.2, 0.25) is 0 Å². The molecule has 1 amide bonds. The lowest BCUT2D eigenvalue weighted by Crippen LogP contribution is -2.56. The van der Waals surface area contributed by atoms with Gasteiger partial charge in [0.1, 0.15) is 0 Å². The molecule has 22 heavy (non-hydrogen) atoms. The Kier molecular flexibility index (Phi) is 1.89. The summed E-state index contributed by atoms with van der Waals surface area (Å²) in [6, 6.07) is 7.75. The number of amides is 1. The number of hydrogen-bond acceptors (Lipinski definition) is 2. The van der Waals surface area contributed by atoms with Crippen LogP contribution < -0.4 is 0 Å². The fourth-order valence-corrected chi connectivity index (χ4v) is 7.47. The molecule has 2 heterocycles. The Hall–Kier alpha value is -1.35. The van der Waals surface area contributed by atoms with Crippen molar-refractivity contribution in [1.82, 2.24) is 4.90 Å². The molecule has 4 bridgehead atoms. The van der Waals surface area contributed by atoms with Crippen molar-refractivity contribution in [3.63, 3.8) is 0 Å². The molecule has 6 aliphatic rings. The van der Waals surface area contributed by atoms with E-state index in [-0.39, 0.29) is 17.2 Å². The van der Waals surface area contributed by atoms with Crippen LogP contribution >= 0.6 is 0 Å². The Bertz CT molecular complexity index is 699. The second kappa shape index (κ2) is 3.43. The van der Waals surface area contributed by atoms with E-state index >= 15 is 0 Å². The van der Waals surface area contributed by atoms with Crippen LogP contribution in [0.1, 0.15) is 48.0 Å². The maximum absolute atomic E-state index is 12.9. The highest BCUT2D eigenvalue weighted by atomic mass is 16.3. The molecule has 3 heteroatoms. The fourth-order valence-electron chi connectivity index (χ4n) is 7.47. The number of rotatable bonds is 0. The van der Waals surface area contributed by atoms with Gasteiger partial charge in [-0.15, -0.1) is 0 Å². The van der Waals surface area contributed by atoms with E-state index in [1.807, 2.05) is 29.2 Å². The van der Waals surface area contributed by atoms with Gasteiger partial charge in [0.25, 0.3) is 5.91 Å². The van der Waals surface area contributed by atoms with E-state index in [1.54, 1.807) is 0 Å². The van der Waals surface area contributed by atoms with Crippen LogP contribution in [0.2, 0.25) is 0 Å². The molecule has 114 valence electrons. The minimum atomic E-state index is -1.02. The van der Waals surface area contributed by atoms with Gasteiger partial charge in [-0.3, -0.25) is 4.79 Å². The molecule has 3 nitrogen and oxygen atoms in total. The predicted molar refractivity (Wildman–Crippen MR) is 80.9 cm³/mol. The molecule has 1 spiro atoms. The smallest absolute Gasteiger partial charge is 0.256 e. The van der Waals surface area contributed by atoms with Gasteiger partial charge in [-0.1, -0.05) is 18.2 Å². The molecule has 0 radical (unpaired) electrons. The van der Waals surface area contributed by atoms with E-state index < -0.39 is 5.72 Å². The van der Waals surface area contributed by atoms with Gasteiger partial charge in [0.15, 0.2) is 5.72 Å². The first kappa shape index (κ1) is 12.1. The Morgan fingerprint density at radius 1 is 1.09 bits per heavy atom. The first-order valence-corrected chi connectivity index (χ1v) is 8.76. The number of hydrogen-bond donors (Lipinski definition) is 1. The van der Waals surface area contributed by atoms with Crippen LogP contribution in [0, 0.1) is 29.1 Å². The quantitative estimate of drug-likeness (QED) is 0.799. The minimum Gasteiger partial charge on any atom is -0.366 e. The van der Waals surface area contributed by atoms with Crippen molar-refractivity contribution in [2.45, 2.75) is 37.8 Å². The van der Waals surface area contributed by atoms with Crippen molar-refractivity contribution >= 4 is 5.91 Å². The summed E-state index contributed by atoms with van der Waals surface area (Å²) in [5, 5.41) is 11.8. The molecule has 1 saturated heterocycles. The van der Waals surface area contributed by atoms with Gasteiger partial charge in [-0.25, -0.2) is 0 Å². The third-order valence-electron chi connectivity index (χ3n) is 7.58. The van der Waals surface area contributed by atoms with E-state index in [2.05, 4.69) is 0 Å². The molecule has 4 saturated carbocycles. The maximum atomic E-state index is 12.9. The van der Waals surface area contributed by atoms with E-state index in [9.17, 15) is 9.90 Å². The number of nitrogens with zero attached hydrogens (tertiary/aromatic N) is 1. The molecular formula is C19H21NO2. The van der Waals surface area contributed by atoms with Gasteiger partial charge in [0.05, 0.1) is 0 Å². The highest BCUT2D eigenvalue weighted by Gasteiger charge is 2.72. The van der Waals surface area contributed by atoms with Crippen molar-refractivity contribution in [3.05, 3.63) is 35.4 Å². The van der Waals surface area contributed by atoms with Gasteiger partial charge < -0.3 is 10.0 Å². The summed E-state index contributed by atoms with van der Waals surface area (Å²) in [6.07, 6.45) is 6.41. The van der Waals surface area contributed by atoms with Crippen LogP contribution in [0.4, 0.5) is 0 Å². The Morgan fingerprint density at radius 3 is 2.59 bits per heavy atom. The van der Waals surface area contributed by atoms with Crippen molar-refractivity contribution in [1.29, 1.82) is 0 Å². The zero-order valence-corrected chi connectivity index (χ0v) is 12.7. The zero-order chi connectivity index (χ0) is 14.7. The normalized spacial score (nSPS) is 50.2. The van der Waals surface area contributed by atoms with Gasteiger partial charge in [-0.05, 0) is 61.3 Å². The zero-order valence-electron chi connectivity index (χ0n) is 12.7. The van der Waals surface area contributed by atoms with Crippen LogP contribution in [-0.4, -0.2) is 22.5 Å². The molecule has 7 rings (SSSR count). The van der Waals surface area contributed by atoms with Crippen LogP contribution in [-0.2, 0) is 5.72 Å². The molecule has 4 atom stereocenters. The molecule has 0 aromatic heterocycles.